The third-order valence-electron chi connectivity index (χ3n) is 3.46. The molecular formula is C16H17ClN4O3S. The van der Waals surface area contributed by atoms with E-state index < -0.39 is 0 Å². The van der Waals surface area contributed by atoms with Crippen LogP contribution in [0.2, 0.25) is 5.02 Å². The van der Waals surface area contributed by atoms with Gasteiger partial charge in [-0.15, -0.1) is 11.3 Å². The Morgan fingerprint density at radius 1 is 1.48 bits per heavy atom. The molecule has 1 aliphatic heterocycles. The SMILES string of the molecule is O=C(Cc1csc(N2CCNC2=O)n1)NCCOc1cccc(Cl)c1. The van der Waals surface area contributed by atoms with Gasteiger partial charge in [0.2, 0.25) is 5.91 Å². The van der Waals surface area contributed by atoms with Crippen molar-refractivity contribution in [2.45, 2.75) is 6.42 Å². The number of hydrogen-bond acceptors (Lipinski definition) is 5. The average molecular weight is 381 g/mol. The number of hydrogen-bond donors (Lipinski definition) is 2. The van der Waals surface area contributed by atoms with E-state index in [1.165, 1.54) is 11.3 Å². The summed E-state index contributed by atoms with van der Waals surface area (Å²) in [6.45, 7) is 1.94. The molecule has 0 radical (unpaired) electrons. The molecule has 2 N–H and O–H groups in total. The molecule has 0 atom stereocenters. The fourth-order valence-corrected chi connectivity index (χ4v) is 3.33. The molecule has 1 fully saturated rings. The normalized spacial score (nSPS) is 13.6. The van der Waals surface area contributed by atoms with Crippen molar-refractivity contribution in [3.8, 4) is 5.75 Å². The van der Waals surface area contributed by atoms with Crippen LogP contribution in [0.15, 0.2) is 29.6 Å². The van der Waals surface area contributed by atoms with E-state index in [1.54, 1.807) is 34.5 Å². The molecule has 2 heterocycles. The van der Waals surface area contributed by atoms with E-state index in [1.807, 2.05) is 0 Å². The maximum absolute atomic E-state index is 12.0. The van der Waals surface area contributed by atoms with Crippen molar-refractivity contribution < 1.29 is 14.3 Å². The van der Waals surface area contributed by atoms with Crippen LogP contribution in [0.5, 0.6) is 5.75 Å². The molecule has 25 heavy (non-hydrogen) atoms. The van der Waals surface area contributed by atoms with E-state index >= 15 is 0 Å². The minimum atomic E-state index is -0.150. The lowest BCUT2D eigenvalue weighted by Crippen LogP contribution is -2.29. The molecule has 0 bridgehead atoms. The zero-order chi connectivity index (χ0) is 17.6. The Morgan fingerprint density at radius 3 is 3.12 bits per heavy atom. The minimum absolute atomic E-state index is 0.141. The number of benzene rings is 1. The first kappa shape index (κ1) is 17.5. The lowest BCUT2D eigenvalue weighted by Gasteiger charge is -2.09. The topological polar surface area (TPSA) is 83.6 Å². The van der Waals surface area contributed by atoms with Gasteiger partial charge in [-0.25, -0.2) is 9.78 Å². The zero-order valence-electron chi connectivity index (χ0n) is 13.3. The summed E-state index contributed by atoms with van der Waals surface area (Å²) in [6, 6.07) is 6.94. The Hall–Kier alpha value is -2.32. The summed E-state index contributed by atoms with van der Waals surface area (Å²) in [5.74, 6) is 0.521. The van der Waals surface area contributed by atoms with E-state index in [0.717, 1.165) is 0 Å². The van der Waals surface area contributed by atoms with Crippen molar-refractivity contribution >= 4 is 40.0 Å². The maximum atomic E-state index is 12.0. The summed E-state index contributed by atoms with van der Waals surface area (Å²) in [5, 5.41) is 8.51. The summed E-state index contributed by atoms with van der Waals surface area (Å²) >= 11 is 7.23. The van der Waals surface area contributed by atoms with Gasteiger partial charge in [0.15, 0.2) is 5.13 Å². The molecule has 3 rings (SSSR count). The van der Waals surface area contributed by atoms with Crippen molar-refractivity contribution in [1.29, 1.82) is 0 Å². The highest BCUT2D eigenvalue weighted by Crippen LogP contribution is 2.22. The number of nitrogens with one attached hydrogen (secondary N) is 2. The average Bonchev–Trinajstić information content (AvgIpc) is 3.20. The second kappa shape index (κ2) is 8.17. The second-order valence-electron chi connectivity index (χ2n) is 5.34. The molecule has 3 amide bonds. The summed E-state index contributed by atoms with van der Waals surface area (Å²) in [5.41, 5.74) is 0.646. The van der Waals surface area contributed by atoms with Gasteiger partial charge in [-0.3, -0.25) is 9.69 Å². The highest BCUT2D eigenvalue weighted by Gasteiger charge is 2.24. The van der Waals surface area contributed by atoms with Gasteiger partial charge in [0.1, 0.15) is 12.4 Å². The number of nitrogens with zero attached hydrogens (tertiary/aromatic N) is 2. The third kappa shape index (κ3) is 4.83. The van der Waals surface area contributed by atoms with E-state index in [4.69, 9.17) is 16.3 Å². The van der Waals surface area contributed by atoms with Crippen molar-refractivity contribution in [3.05, 3.63) is 40.4 Å². The molecule has 2 aromatic rings. The number of carbonyl (C=O) groups excluding carboxylic acids is 2. The van der Waals surface area contributed by atoms with Crippen LogP contribution in [-0.2, 0) is 11.2 Å². The van der Waals surface area contributed by atoms with Crippen LogP contribution in [-0.4, -0.2) is 43.2 Å². The number of urea groups is 1. The number of rotatable bonds is 7. The Bertz CT molecular complexity index is 767. The summed E-state index contributed by atoms with van der Waals surface area (Å²) in [7, 11) is 0. The minimum Gasteiger partial charge on any atom is -0.492 e. The predicted molar refractivity (Wildman–Crippen MR) is 96.5 cm³/mol. The van der Waals surface area contributed by atoms with Crippen LogP contribution < -0.4 is 20.3 Å². The van der Waals surface area contributed by atoms with Gasteiger partial charge in [0.05, 0.1) is 18.7 Å². The largest absolute Gasteiger partial charge is 0.492 e. The molecule has 1 saturated heterocycles. The highest BCUT2D eigenvalue weighted by molar-refractivity contribution is 7.14. The quantitative estimate of drug-likeness (QED) is 0.720. The van der Waals surface area contributed by atoms with Crippen LogP contribution in [0.1, 0.15) is 5.69 Å². The zero-order valence-corrected chi connectivity index (χ0v) is 14.9. The second-order valence-corrected chi connectivity index (χ2v) is 6.61. The Balaban J connectivity index is 1.40. The number of carbonyl (C=O) groups is 2. The molecule has 0 saturated carbocycles. The molecular weight excluding hydrogens is 364 g/mol. The van der Waals surface area contributed by atoms with Gasteiger partial charge in [0, 0.05) is 23.5 Å². The van der Waals surface area contributed by atoms with E-state index in [2.05, 4.69) is 15.6 Å². The highest BCUT2D eigenvalue weighted by atomic mass is 35.5. The van der Waals surface area contributed by atoms with Gasteiger partial charge in [-0.1, -0.05) is 17.7 Å². The Morgan fingerprint density at radius 2 is 2.36 bits per heavy atom. The van der Waals surface area contributed by atoms with Crippen LogP contribution in [0.4, 0.5) is 9.93 Å². The van der Waals surface area contributed by atoms with Gasteiger partial charge < -0.3 is 15.4 Å². The van der Waals surface area contributed by atoms with Gasteiger partial charge in [-0.2, -0.15) is 0 Å². The maximum Gasteiger partial charge on any atom is 0.323 e. The van der Waals surface area contributed by atoms with Crippen LogP contribution in [0.3, 0.4) is 0 Å². The molecule has 1 aliphatic rings. The molecule has 132 valence electrons. The van der Waals surface area contributed by atoms with Gasteiger partial charge in [-0.05, 0) is 18.2 Å². The van der Waals surface area contributed by atoms with Crippen molar-refractivity contribution in [3.63, 3.8) is 0 Å². The van der Waals surface area contributed by atoms with E-state index in [9.17, 15) is 9.59 Å². The standard InChI is InChI=1S/C16H17ClN4O3S/c17-11-2-1-3-13(8-11)24-7-5-18-14(22)9-12-10-25-16(20-12)21-6-4-19-15(21)23/h1-3,8,10H,4-7,9H2,(H,18,22)(H,19,23). The Labute approximate surface area is 153 Å². The monoisotopic (exact) mass is 380 g/mol. The molecule has 9 heteroatoms. The molecule has 0 aliphatic carbocycles. The van der Waals surface area contributed by atoms with Crippen LogP contribution in [0, 0.1) is 0 Å². The number of ether oxygens (including phenoxy) is 1. The first-order valence-corrected chi connectivity index (χ1v) is 9.02. The first-order chi connectivity index (χ1) is 12.1. The fourth-order valence-electron chi connectivity index (χ4n) is 2.30. The number of amides is 3. The van der Waals surface area contributed by atoms with Crippen molar-refractivity contribution in [2.75, 3.05) is 31.1 Å². The van der Waals surface area contributed by atoms with Crippen LogP contribution >= 0.6 is 22.9 Å². The summed E-state index contributed by atoms with van der Waals surface area (Å²) in [6.07, 6.45) is 0.170. The van der Waals surface area contributed by atoms with Crippen molar-refractivity contribution in [2.24, 2.45) is 0 Å². The first-order valence-electron chi connectivity index (χ1n) is 7.76. The van der Waals surface area contributed by atoms with E-state index in [0.29, 0.717) is 47.8 Å². The summed E-state index contributed by atoms with van der Waals surface area (Å²) in [4.78, 5) is 29.5. The smallest absolute Gasteiger partial charge is 0.323 e. The Kier molecular flexibility index (Phi) is 5.72. The molecule has 0 unspecified atom stereocenters. The fraction of sp³-hybridized carbons (Fsp3) is 0.312. The van der Waals surface area contributed by atoms with Gasteiger partial charge in [0.25, 0.3) is 0 Å². The van der Waals surface area contributed by atoms with Crippen molar-refractivity contribution in [1.82, 2.24) is 15.6 Å². The number of halogens is 1. The summed E-state index contributed by atoms with van der Waals surface area (Å²) < 4.78 is 5.51. The molecule has 1 aromatic carbocycles. The van der Waals surface area contributed by atoms with Gasteiger partial charge >= 0.3 is 6.03 Å². The van der Waals surface area contributed by atoms with E-state index in [-0.39, 0.29) is 18.4 Å². The number of aromatic nitrogens is 1. The molecule has 0 spiro atoms. The molecule has 1 aromatic heterocycles. The number of anilines is 1. The molecule has 7 nitrogen and oxygen atoms in total. The lowest BCUT2D eigenvalue weighted by atomic mass is 10.3. The van der Waals surface area contributed by atoms with Crippen LogP contribution in [0.25, 0.3) is 0 Å². The third-order valence-corrected chi connectivity index (χ3v) is 4.61. The predicted octanol–water partition coefficient (Wildman–Crippen LogP) is 2.06. The number of thiazole rings is 1. The lowest BCUT2D eigenvalue weighted by molar-refractivity contribution is -0.120.